The third-order valence-corrected chi connectivity index (χ3v) is 5.64. The fourth-order valence-corrected chi connectivity index (χ4v) is 4.00. The molecule has 1 aliphatic heterocycles. The van der Waals surface area contributed by atoms with Gasteiger partial charge >= 0.3 is 0 Å². The van der Waals surface area contributed by atoms with Crippen molar-refractivity contribution in [3.05, 3.63) is 28.2 Å². The summed E-state index contributed by atoms with van der Waals surface area (Å²) in [4.78, 5) is -0.709. The number of rotatable bonds is 6. The average Bonchev–Trinajstić information content (AvgIpc) is 2.90. The third-order valence-electron chi connectivity index (χ3n) is 3.62. The minimum absolute atomic E-state index is 0. The lowest BCUT2D eigenvalue weighted by molar-refractivity contribution is 0.122. The molecule has 10 heteroatoms. The number of nitrogens with one attached hydrogen (secondary N) is 2. The van der Waals surface area contributed by atoms with Crippen LogP contribution in [0.5, 0.6) is 0 Å². The van der Waals surface area contributed by atoms with Gasteiger partial charge in [0.15, 0.2) is 0 Å². The SMILES string of the molecule is COCC1(CNS(=O)(=O)c2cc(F)c(Br)cc2F)CCCN1.Cl. The summed E-state index contributed by atoms with van der Waals surface area (Å²) in [6.45, 7) is 1.12. The molecule has 0 saturated carbocycles. The van der Waals surface area contributed by atoms with Crippen molar-refractivity contribution >= 4 is 38.4 Å². The maximum absolute atomic E-state index is 13.8. The van der Waals surface area contributed by atoms with Gasteiger partial charge in [0, 0.05) is 13.7 Å². The Morgan fingerprint density at radius 1 is 1.39 bits per heavy atom. The molecular formula is C13H18BrClF2N2O3S. The Bertz CT molecular complexity index is 655. The second kappa shape index (κ2) is 8.17. The van der Waals surface area contributed by atoms with E-state index in [4.69, 9.17) is 4.74 Å². The van der Waals surface area contributed by atoms with E-state index in [1.54, 1.807) is 0 Å². The standard InChI is InChI=1S/C13H17BrF2N2O3S.ClH/c1-21-8-13(3-2-4-17-13)7-18-22(19,20)12-6-10(15)9(14)5-11(12)16;/h5-6,17-18H,2-4,7-8H2,1H3;1H. The second-order valence-corrected chi connectivity index (χ2v) is 7.85. The third kappa shape index (κ3) is 4.83. The number of halogens is 4. The van der Waals surface area contributed by atoms with Crippen molar-refractivity contribution in [3.63, 3.8) is 0 Å². The van der Waals surface area contributed by atoms with Crippen LogP contribution in [-0.2, 0) is 14.8 Å². The molecule has 1 aromatic rings. The van der Waals surface area contributed by atoms with E-state index in [9.17, 15) is 17.2 Å². The highest BCUT2D eigenvalue weighted by atomic mass is 79.9. The van der Waals surface area contributed by atoms with E-state index in [-0.39, 0.29) is 23.4 Å². The van der Waals surface area contributed by atoms with Gasteiger partial charge in [-0.3, -0.25) is 0 Å². The Labute approximate surface area is 148 Å². The zero-order valence-corrected chi connectivity index (χ0v) is 15.6. The van der Waals surface area contributed by atoms with Crippen LogP contribution in [0.1, 0.15) is 12.8 Å². The molecular weight excluding hydrogens is 418 g/mol. The monoisotopic (exact) mass is 434 g/mol. The molecule has 0 aromatic heterocycles. The Morgan fingerprint density at radius 3 is 2.65 bits per heavy atom. The highest BCUT2D eigenvalue weighted by Crippen LogP contribution is 2.24. The number of hydrogen-bond donors (Lipinski definition) is 2. The highest BCUT2D eigenvalue weighted by molar-refractivity contribution is 9.10. The molecule has 132 valence electrons. The number of ether oxygens (including phenoxy) is 1. The zero-order valence-electron chi connectivity index (χ0n) is 12.4. The molecule has 23 heavy (non-hydrogen) atoms. The van der Waals surface area contributed by atoms with Gasteiger partial charge in [-0.1, -0.05) is 0 Å². The van der Waals surface area contributed by atoms with E-state index in [1.807, 2.05) is 0 Å². The minimum Gasteiger partial charge on any atom is -0.383 e. The van der Waals surface area contributed by atoms with E-state index in [1.165, 1.54) is 7.11 Å². The van der Waals surface area contributed by atoms with E-state index in [0.717, 1.165) is 25.5 Å². The molecule has 5 nitrogen and oxygen atoms in total. The van der Waals surface area contributed by atoms with Crippen LogP contribution < -0.4 is 10.0 Å². The van der Waals surface area contributed by atoms with E-state index < -0.39 is 32.1 Å². The summed E-state index contributed by atoms with van der Waals surface area (Å²) >= 11 is 2.81. The van der Waals surface area contributed by atoms with Gasteiger partial charge < -0.3 is 10.1 Å². The average molecular weight is 436 g/mol. The molecule has 0 radical (unpaired) electrons. The molecule has 1 aliphatic rings. The van der Waals surface area contributed by atoms with Crippen molar-refractivity contribution in [2.75, 3.05) is 26.8 Å². The van der Waals surface area contributed by atoms with E-state index >= 15 is 0 Å². The molecule has 2 rings (SSSR count). The Hall–Kier alpha value is -0.320. The first-order valence-electron chi connectivity index (χ1n) is 6.68. The van der Waals surface area contributed by atoms with Gasteiger partial charge in [0.2, 0.25) is 10.0 Å². The van der Waals surface area contributed by atoms with Crippen molar-refractivity contribution in [1.29, 1.82) is 0 Å². The topological polar surface area (TPSA) is 67.4 Å². The van der Waals surface area contributed by atoms with Crippen LogP contribution in [0.15, 0.2) is 21.5 Å². The van der Waals surface area contributed by atoms with Crippen molar-refractivity contribution in [1.82, 2.24) is 10.0 Å². The molecule has 1 saturated heterocycles. The van der Waals surface area contributed by atoms with Crippen molar-refractivity contribution in [2.24, 2.45) is 0 Å². The molecule has 1 heterocycles. The summed E-state index contributed by atoms with van der Waals surface area (Å²) in [6, 6.07) is 1.45. The molecule has 1 atom stereocenters. The van der Waals surface area contributed by atoms with Gasteiger partial charge in [0.1, 0.15) is 16.5 Å². The Morgan fingerprint density at radius 2 is 2.09 bits per heavy atom. The quantitative estimate of drug-likeness (QED) is 0.672. The molecule has 2 N–H and O–H groups in total. The maximum Gasteiger partial charge on any atom is 0.243 e. The predicted molar refractivity (Wildman–Crippen MR) is 88.3 cm³/mol. The first-order valence-corrected chi connectivity index (χ1v) is 8.95. The normalized spacial score (nSPS) is 21.2. The Balaban J connectivity index is 0.00000264. The molecule has 0 bridgehead atoms. The van der Waals surface area contributed by atoms with Gasteiger partial charge in [-0.25, -0.2) is 21.9 Å². The predicted octanol–water partition coefficient (Wildman–Crippen LogP) is 2.20. The zero-order chi connectivity index (χ0) is 16.4. The molecule has 1 fully saturated rings. The summed E-state index contributed by atoms with van der Waals surface area (Å²) in [5.41, 5.74) is -0.522. The molecule has 0 spiro atoms. The van der Waals surface area contributed by atoms with E-state index in [2.05, 4.69) is 26.0 Å². The number of hydrogen-bond acceptors (Lipinski definition) is 4. The lowest BCUT2D eigenvalue weighted by Crippen LogP contribution is -2.52. The van der Waals surface area contributed by atoms with Gasteiger partial charge in [0.25, 0.3) is 0 Å². The van der Waals surface area contributed by atoms with Crippen LogP contribution >= 0.6 is 28.3 Å². The molecule has 0 amide bonds. The van der Waals surface area contributed by atoms with Gasteiger partial charge in [0.05, 0.1) is 16.6 Å². The molecule has 0 aliphatic carbocycles. The summed E-state index contributed by atoms with van der Waals surface area (Å²) < 4.78 is 59.1. The van der Waals surface area contributed by atoms with Crippen LogP contribution in [0.2, 0.25) is 0 Å². The smallest absolute Gasteiger partial charge is 0.243 e. The fraction of sp³-hybridized carbons (Fsp3) is 0.538. The van der Waals surface area contributed by atoms with Gasteiger partial charge in [-0.15, -0.1) is 12.4 Å². The molecule has 1 unspecified atom stereocenters. The van der Waals surface area contributed by atoms with Crippen molar-refractivity contribution < 1.29 is 21.9 Å². The first-order chi connectivity index (χ1) is 10.3. The summed E-state index contributed by atoms with van der Waals surface area (Å²) in [5, 5.41) is 3.20. The van der Waals surface area contributed by atoms with Crippen LogP contribution in [0.25, 0.3) is 0 Å². The van der Waals surface area contributed by atoms with E-state index in [0.29, 0.717) is 12.7 Å². The van der Waals surface area contributed by atoms with Crippen LogP contribution in [0.3, 0.4) is 0 Å². The lowest BCUT2D eigenvalue weighted by Gasteiger charge is -2.28. The van der Waals surface area contributed by atoms with Crippen molar-refractivity contribution in [3.8, 4) is 0 Å². The maximum atomic E-state index is 13.8. The molecule has 1 aromatic carbocycles. The fourth-order valence-electron chi connectivity index (χ4n) is 2.49. The second-order valence-electron chi connectivity index (χ2n) is 5.26. The first kappa shape index (κ1) is 20.7. The lowest BCUT2D eigenvalue weighted by atomic mass is 9.99. The van der Waals surface area contributed by atoms with Crippen LogP contribution in [-0.4, -0.2) is 40.8 Å². The summed E-state index contributed by atoms with van der Waals surface area (Å²) in [6.07, 6.45) is 1.63. The van der Waals surface area contributed by atoms with Crippen LogP contribution in [0, 0.1) is 11.6 Å². The number of benzene rings is 1. The van der Waals surface area contributed by atoms with Crippen molar-refractivity contribution in [2.45, 2.75) is 23.3 Å². The Kier molecular flexibility index (Phi) is 7.36. The van der Waals surface area contributed by atoms with Gasteiger partial charge in [-0.2, -0.15) is 0 Å². The summed E-state index contributed by atoms with van der Waals surface area (Å²) in [5.74, 6) is -1.85. The minimum atomic E-state index is -4.16. The summed E-state index contributed by atoms with van der Waals surface area (Å²) in [7, 11) is -2.63. The number of sulfonamides is 1. The largest absolute Gasteiger partial charge is 0.383 e. The van der Waals surface area contributed by atoms with Gasteiger partial charge in [-0.05, 0) is 47.4 Å². The highest BCUT2D eigenvalue weighted by Gasteiger charge is 2.35. The number of methoxy groups -OCH3 is 1. The van der Waals surface area contributed by atoms with Crippen LogP contribution in [0.4, 0.5) is 8.78 Å².